The molecule has 1 aliphatic carbocycles. The zero-order valence-electron chi connectivity index (χ0n) is 20.8. The maximum Gasteiger partial charge on any atom is 0.272 e. The lowest BCUT2D eigenvalue weighted by molar-refractivity contribution is -0.136. The molecule has 0 unspecified atom stereocenters. The molecular weight excluding hydrogens is 470 g/mol. The van der Waals surface area contributed by atoms with E-state index < -0.39 is 11.6 Å². The van der Waals surface area contributed by atoms with E-state index in [4.69, 9.17) is 14.9 Å². The molecule has 2 saturated heterocycles. The van der Waals surface area contributed by atoms with Crippen molar-refractivity contribution in [2.45, 2.75) is 64.3 Å². The molecule has 10 heteroatoms. The Morgan fingerprint density at radius 1 is 1.11 bits per heavy atom. The summed E-state index contributed by atoms with van der Waals surface area (Å²) in [6.45, 7) is 5.75. The second-order valence-corrected chi connectivity index (χ2v) is 9.78. The van der Waals surface area contributed by atoms with Crippen LogP contribution >= 0.6 is 0 Å². The van der Waals surface area contributed by atoms with Crippen molar-refractivity contribution in [1.29, 1.82) is 5.41 Å². The highest BCUT2D eigenvalue weighted by atomic mass is 19.1. The number of likely N-dealkylation sites (tertiary alicyclic amines) is 1. The summed E-state index contributed by atoms with van der Waals surface area (Å²) in [4.78, 5) is 29.2. The second-order valence-electron chi connectivity index (χ2n) is 9.78. The number of amides is 2. The number of hydrogen-bond donors (Lipinski definition) is 2. The average molecular weight is 505 g/mol. The summed E-state index contributed by atoms with van der Waals surface area (Å²) in [7, 11) is 0. The van der Waals surface area contributed by atoms with E-state index >= 15 is 0 Å². The molecule has 0 spiro atoms. The molecule has 2 fully saturated rings. The van der Waals surface area contributed by atoms with Gasteiger partial charge in [0.25, 0.3) is 5.91 Å². The zero-order valence-corrected chi connectivity index (χ0v) is 20.8. The molecule has 36 heavy (non-hydrogen) atoms. The Kier molecular flexibility index (Phi) is 8.23. The molecule has 0 saturated carbocycles. The van der Waals surface area contributed by atoms with Gasteiger partial charge < -0.3 is 24.6 Å². The van der Waals surface area contributed by atoms with Crippen molar-refractivity contribution >= 4 is 17.5 Å². The number of nitrogens with zero attached hydrogens (tertiary/aromatic N) is 2. The van der Waals surface area contributed by atoms with Crippen LogP contribution in [0, 0.1) is 17.0 Å². The Bertz CT molecular complexity index is 1030. The van der Waals surface area contributed by atoms with Crippen LogP contribution in [0.25, 0.3) is 0 Å². The highest BCUT2D eigenvalue weighted by Gasteiger charge is 2.32. The summed E-state index contributed by atoms with van der Waals surface area (Å²) in [5.41, 5.74) is 1.46. The van der Waals surface area contributed by atoms with Crippen LogP contribution in [0.5, 0.6) is 5.75 Å². The lowest BCUT2D eigenvalue weighted by Gasteiger charge is -2.35. The number of morpholine rings is 1. The van der Waals surface area contributed by atoms with Gasteiger partial charge in [-0.1, -0.05) is 0 Å². The summed E-state index contributed by atoms with van der Waals surface area (Å²) >= 11 is 0. The van der Waals surface area contributed by atoms with E-state index in [-0.39, 0.29) is 48.1 Å². The first-order chi connectivity index (χ1) is 17.2. The van der Waals surface area contributed by atoms with Crippen molar-refractivity contribution in [2.24, 2.45) is 0 Å². The number of nitrogens with one attached hydrogen (secondary N) is 2. The van der Waals surface area contributed by atoms with E-state index in [0.717, 1.165) is 30.3 Å². The minimum atomic E-state index is -0.610. The Hall–Kier alpha value is -3.01. The maximum absolute atomic E-state index is 13.8. The number of allylic oxidation sites excluding steroid dienone is 1. The third kappa shape index (κ3) is 6.21. The average Bonchev–Trinajstić information content (AvgIpc) is 3.32. The number of carbonyl (C=O) groups excluding carboxylic acids is 2. The first-order valence-electron chi connectivity index (χ1n) is 12.6. The van der Waals surface area contributed by atoms with Crippen LogP contribution in [0.4, 0.5) is 8.78 Å². The first kappa shape index (κ1) is 26.1. The molecule has 0 aromatic heterocycles. The zero-order chi connectivity index (χ0) is 25.8. The molecule has 1 aromatic carbocycles. The molecule has 2 atom stereocenters. The Labute approximate surface area is 210 Å². The number of rotatable bonds is 7. The molecule has 2 heterocycles. The molecular formula is C26H34F2N4O4. The van der Waals surface area contributed by atoms with Gasteiger partial charge in [0.15, 0.2) is 11.6 Å². The summed E-state index contributed by atoms with van der Waals surface area (Å²) in [5.74, 6) is -1.66. The van der Waals surface area contributed by atoms with Gasteiger partial charge in [0, 0.05) is 56.4 Å². The van der Waals surface area contributed by atoms with Crippen molar-refractivity contribution in [2.75, 3.05) is 32.7 Å². The van der Waals surface area contributed by atoms with Crippen LogP contribution < -0.4 is 10.1 Å². The third-order valence-corrected chi connectivity index (χ3v) is 6.87. The molecule has 2 aliphatic heterocycles. The highest BCUT2D eigenvalue weighted by molar-refractivity contribution is 6.44. The van der Waals surface area contributed by atoms with Crippen LogP contribution in [0.15, 0.2) is 29.5 Å². The van der Waals surface area contributed by atoms with E-state index in [1.165, 1.54) is 0 Å². The Balaban J connectivity index is 1.27. The van der Waals surface area contributed by atoms with Crippen LogP contribution in [0.3, 0.4) is 0 Å². The largest absolute Gasteiger partial charge is 0.487 e. The summed E-state index contributed by atoms with van der Waals surface area (Å²) in [6.07, 6.45) is 2.77. The van der Waals surface area contributed by atoms with Crippen LogP contribution in [0.1, 0.15) is 46.0 Å². The number of hydrogen-bond acceptors (Lipinski definition) is 6. The van der Waals surface area contributed by atoms with Gasteiger partial charge in [0.05, 0.1) is 18.8 Å². The van der Waals surface area contributed by atoms with Crippen LogP contribution in [0.2, 0.25) is 0 Å². The van der Waals surface area contributed by atoms with Crippen molar-refractivity contribution in [1.82, 2.24) is 15.1 Å². The van der Waals surface area contributed by atoms with Crippen molar-refractivity contribution < 1.29 is 27.8 Å². The molecule has 4 rings (SSSR count). The van der Waals surface area contributed by atoms with Gasteiger partial charge >= 0.3 is 0 Å². The van der Waals surface area contributed by atoms with Gasteiger partial charge in [-0.25, -0.2) is 8.78 Å². The van der Waals surface area contributed by atoms with E-state index in [1.54, 1.807) is 9.80 Å². The number of benzene rings is 1. The topological polar surface area (TPSA) is 95.0 Å². The van der Waals surface area contributed by atoms with Crippen LogP contribution in [-0.4, -0.2) is 78.4 Å². The predicted molar refractivity (Wildman–Crippen MR) is 130 cm³/mol. The first-order valence-corrected chi connectivity index (χ1v) is 12.6. The summed E-state index contributed by atoms with van der Waals surface area (Å²) in [5, 5.41) is 11.7. The summed E-state index contributed by atoms with van der Waals surface area (Å²) < 4.78 is 38.5. The number of piperidine rings is 1. The number of carbonyl (C=O) groups is 2. The fourth-order valence-electron chi connectivity index (χ4n) is 5.11. The lowest BCUT2D eigenvalue weighted by atomic mass is 10.1. The van der Waals surface area contributed by atoms with Gasteiger partial charge in [-0.2, -0.15) is 0 Å². The monoisotopic (exact) mass is 504 g/mol. The minimum Gasteiger partial charge on any atom is -0.487 e. The van der Waals surface area contributed by atoms with Gasteiger partial charge in [-0.3, -0.25) is 15.0 Å². The highest BCUT2D eigenvalue weighted by Crippen LogP contribution is 2.27. The molecule has 2 amide bonds. The van der Waals surface area contributed by atoms with E-state index in [1.807, 2.05) is 13.8 Å². The second kappa shape index (κ2) is 11.4. The quantitative estimate of drug-likeness (QED) is 0.557. The molecule has 0 bridgehead atoms. The van der Waals surface area contributed by atoms with Gasteiger partial charge in [0.2, 0.25) is 5.91 Å². The number of halogens is 2. The normalized spacial score (nSPS) is 23.1. The molecule has 2 N–H and O–H groups in total. The van der Waals surface area contributed by atoms with Crippen LogP contribution in [-0.2, 0) is 14.3 Å². The van der Waals surface area contributed by atoms with Crippen molar-refractivity contribution in [3.63, 3.8) is 0 Å². The van der Waals surface area contributed by atoms with Gasteiger partial charge in [-0.05, 0) is 45.2 Å². The fourth-order valence-corrected chi connectivity index (χ4v) is 5.11. The lowest BCUT2D eigenvalue weighted by Crippen LogP contribution is -2.50. The molecule has 0 radical (unpaired) electrons. The minimum absolute atomic E-state index is 0.00806. The number of ether oxygens (including phenoxy) is 2. The van der Waals surface area contributed by atoms with E-state index in [0.29, 0.717) is 57.4 Å². The maximum atomic E-state index is 13.8. The standard InChI is InChI=1S/C26H34F2N4O4/c1-16-14-32(15-17(2)35-16)26(34)25(29)20-4-3-5-22(20)30-13-24(33)31-10-8-19(9-11-31)36-23-12-18(27)6-7-21(23)28/h6-7,12,16-17,19,29-30H,3-5,8-11,13-15H2,1-2H3/t16-,17+. The van der Waals surface area contributed by atoms with E-state index in [9.17, 15) is 18.4 Å². The smallest absolute Gasteiger partial charge is 0.272 e. The van der Waals surface area contributed by atoms with Crippen molar-refractivity contribution in [3.05, 3.63) is 41.1 Å². The SMILES string of the molecule is C[C@@H]1CN(C(=O)C(=N)C2=C(NCC(=O)N3CCC(Oc4cc(F)ccc4F)CC3)CCC2)C[C@H](C)O1. The van der Waals surface area contributed by atoms with Gasteiger partial charge in [0.1, 0.15) is 17.6 Å². The van der Waals surface area contributed by atoms with Gasteiger partial charge in [-0.15, -0.1) is 0 Å². The third-order valence-electron chi connectivity index (χ3n) is 6.87. The molecule has 8 nitrogen and oxygen atoms in total. The predicted octanol–water partition coefficient (Wildman–Crippen LogP) is 3.02. The molecule has 3 aliphatic rings. The van der Waals surface area contributed by atoms with E-state index in [2.05, 4.69) is 5.32 Å². The van der Waals surface area contributed by atoms with Crippen molar-refractivity contribution in [3.8, 4) is 5.75 Å². The Morgan fingerprint density at radius 2 is 1.81 bits per heavy atom. The molecule has 1 aromatic rings. The molecule has 196 valence electrons. The fraction of sp³-hybridized carbons (Fsp3) is 0.577. The summed E-state index contributed by atoms with van der Waals surface area (Å²) in [6, 6.07) is 3.12. The Morgan fingerprint density at radius 3 is 2.50 bits per heavy atom.